The van der Waals surface area contributed by atoms with Crippen LogP contribution in [0.25, 0.3) is 5.82 Å². The van der Waals surface area contributed by atoms with Crippen molar-refractivity contribution in [1.82, 2.24) is 40.0 Å². The van der Waals surface area contributed by atoms with Gasteiger partial charge in [-0.25, -0.2) is 9.78 Å². The summed E-state index contributed by atoms with van der Waals surface area (Å²) in [4.78, 5) is 37.7. The molecule has 2 aromatic rings. The summed E-state index contributed by atoms with van der Waals surface area (Å²) in [5.41, 5.74) is 1.28. The lowest BCUT2D eigenvalue weighted by atomic mass is 9.76. The largest absolute Gasteiger partial charge is 0.456 e. The molecule has 2 saturated heterocycles. The first-order valence-electron chi connectivity index (χ1n) is 11.0. The van der Waals surface area contributed by atoms with Crippen LogP contribution in [-0.2, 0) is 14.3 Å². The van der Waals surface area contributed by atoms with Crippen LogP contribution in [0.5, 0.6) is 0 Å². The first kappa shape index (κ1) is 21.6. The lowest BCUT2D eigenvalue weighted by molar-refractivity contribution is -0.139. The number of amides is 1. The van der Waals surface area contributed by atoms with E-state index in [1.54, 1.807) is 11.8 Å². The molecule has 2 atom stereocenters. The van der Waals surface area contributed by atoms with Gasteiger partial charge in [0, 0.05) is 12.6 Å². The van der Waals surface area contributed by atoms with E-state index in [-0.39, 0.29) is 24.5 Å². The fourth-order valence-corrected chi connectivity index (χ4v) is 5.11. The predicted molar refractivity (Wildman–Crippen MR) is 112 cm³/mol. The first-order chi connectivity index (χ1) is 15.9. The van der Waals surface area contributed by atoms with Crippen molar-refractivity contribution in [2.24, 2.45) is 5.41 Å². The van der Waals surface area contributed by atoms with Gasteiger partial charge in [-0.1, -0.05) is 0 Å². The number of hydrogen-bond donors (Lipinski definition) is 1. The number of tetrazole rings is 1. The van der Waals surface area contributed by atoms with E-state index >= 15 is 0 Å². The highest BCUT2D eigenvalue weighted by atomic mass is 16.5. The Balaban J connectivity index is 1.20. The number of hydrogen-bond acceptors (Lipinski definition) is 10. The van der Waals surface area contributed by atoms with Crippen molar-refractivity contribution in [3.05, 3.63) is 35.7 Å². The Morgan fingerprint density at radius 3 is 2.64 bits per heavy atom. The van der Waals surface area contributed by atoms with Crippen molar-refractivity contribution in [3.8, 4) is 5.82 Å². The summed E-state index contributed by atoms with van der Waals surface area (Å²) in [5, 5.41) is 21.6. The van der Waals surface area contributed by atoms with Crippen LogP contribution >= 0.6 is 0 Å². The summed E-state index contributed by atoms with van der Waals surface area (Å²) in [5.74, 6) is 0.213. The first-order valence-corrected chi connectivity index (χ1v) is 11.0. The molecule has 174 valence electrons. The topological polar surface area (TPSA) is 139 Å². The van der Waals surface area contributed by atoms with Gasteiger partial charge in [-0.15, -0.1) is 5.10 Å². The van der Waals surface area contributed by atoms with Crippen LogP contribution in [0.1, 0.15) is 44.9 Å². The van der Waals surface area contributed by atoms with Crippen LogP contribution < -0.4 is 0 Å². The lowest BCUT2D eigenvalue weighted by Gasteiger charge is -2.38. The Hall–Kier alpha value is -3.25. The number of likely N-dealkylation sites (tertiary alicyclic amines) is 2. The molecule has 12 nitrogen and oxygen atoms in total. The third-order valence-corrected chi connectivity index (χ3v) is 7.00. The normalized spacial score (nSPS) is 24.1. The summed E-state index contributed by atoms with van der Waals surface area (Å²) < 4.78 is 6.52. The smallest absolute Gasteiger partial charge is 0.336 e. The summed E-state index contributed by atoms with van der Waals surface area (Å²) in [6.45, 7) is 5.73. The van der Waals surface area contributed by atoms with E-state index < -0.39 is 11.5 Å². The number of β-amino-alcohol motifs (C(OH)–C–C–N with tert-alkyl or cyclic N) is 1. The van der Waals surface area contributed by atoms with Gasteiger partial charge in [0.15, 0.2) is 5.82 Å². The zero-order chi connectivity index (χ0) is 23.2. The number of aliphatic hydroxyl groups is 1. The van der Waals surface area contributed by atoms with E-state index in [9.17, 15) is 14.7 Å². The van der Waals surface area contributed by atoms with E-state index in [1.165, 1.54) is 23.4 Å². The maximum atomic E-state index is 13.4. The van der Waals surface area contributed by atoms with Crippen LogP contribution in [0.15, 0.2) is 30.0 Å². The number of cyclic esters (lactones) is 1. The minimum absolute atomic E-state index is 0.0306. The molecule has 2 aromatic heterocycles. The summed E-state index contributed by atoms with van der Waals surface area (Å²) in [6, 6.07) is 0.0306. The Morgan fingerprint density at radius 2 is 2.03 bits per heavy atom. The van der Waals surface area contributed by atoms with Crippen molar-refractivity contribution in [1.29, 1.82) is 0 Å². The fourth-order valence-electron chi connectivity index (χ4n) is 5.11. The minimum atomic E-state index is -0.793. The fraction of sp³-hybridized carbons (Fsp3) is 0.571. The van der Waals surface area contributed by atoms with Gasteiger partial charge in [-0.2, -0.15) is 4.68 Å². The van der Waals surface area contributed by atoms with Crippen molar-refractivity contribution in [2.75, 3.05) is 26.2 Å². The molecule has 5 heterocycles. The molecule has 1 unspecified atom stereocenters. The molecule has 0 aromatic carbocycles. The number of carbonyl (C=O) groups is 2. The number of piperidine rings is 1. The molecule has 0 saturated carbocycles. The van der Waals surface area contributed by atoms with Crippen molar-refractivity contribution in [3.63, 3.8) is 0 Å². The van der Waals surface area contributed by atoms with Gasteiger partial charge in [0.05, 0.1) is 34.8 Å². The average molecular weight is 454 g/mol. The number of rotatable bonds is 5. The molecule has 0 bridgehead atoms. The molecule has 1 spiro atoms. The Morgan fingerprint density at radius 1 is 1.24 bits per heavy atom. The van der Waals surface area contributed by atoms with Crippen LogP contribution in [0, 0.1) is 5.41 Å². The molecule has 33 heavy (non-hydrogen) atoms. The molecular weight excluding hydrogens is 428 g/mol. The average Bonchev–Trinajstić information content (AvgIpc) is 3.52. The van der Waals surface area contributed by atoms with Gasteiger partial charge >= 0.3 is 5.97 Å². The molecular formula is C21H26N8O4. The minimum Gasteiger partial charge on any atom is -0.456 e. The number of carbonyl (C=O) groups excluding carboxylic acids is 2. The van der Waals surface area contributed by atoms with Crippen LogP contribution in [0.4, 0.5) is 0 Å². The SMILES string of the molecule is CC1=C(N2C(=O)C3(CCN(C[C@H](O)c4cnc(-n5cnnn5)cn4)CC3)CC2C)COC1=O. The van der Waals surface area contributed by atoms with Gasteiger partial charge < -0.3 is 19.6 Å². The van der Waals surface area contributed by atoms with Crippen molar-refractivity contribution in [2.45, 2.75) is 45.3 Å². The second-order valence-electron chi connectivity index (χ2n) is 9.03. The second kappa shape index (κ2) is 8.27. The van der Waals surface area contributed by atoms with E-state index in [0.717, 1.165) is 6.42 Å². The number of aromatic nitrogens is 6. The predicted octanol–water partition coefficient (Wildman–Crippen LogP) is 0.0195. The van der Waals surface area contributed by atoms with Crippen molar-refractivity contribution >= 4 is 11.9 Å². The van der Waals surface area contributed by atoms with Crippen molar-refractivity contribution < 1.29 is 19.4 Å². The van der Waals surface area contributed by atoms with Gasteiger partial charge in [0.25, 0.3) is 0 Å². The number of esters is 1. The van der Waals surface area contributed by atoms with Gasteiger partial charge in [-0.05, 0) is 56.6 Å². The highest BCUT2D eigenvalue weighted by Crippen LogP contribution is 2.46. The summed E-state index contributed by atoms with van der Waals surface area (Å²) >= 11 is 0. The van der Waals surface area contributed by atoms with Gasteiger partial charge in [-0.3, -0.25) is 9.78 Å². The van der Waals surface area contributed by atoms with E-state index in [4.69, 9.17) is 4.74 Å². The van der Waals surface area contributed by atoms with E-state index in [0.29, 0.717) is 55.3 Å². The Kier molecular flexibility index (Phi) is 5.41. The van der Waals surface area contributed by atoms with Gasteiger partial charge in [0.1, 0.15) is 19.0 Å². The molecule has 0 aliphatic carbocycles. The zero-order valence-electron chi connectivity index (χ0n) is 18.6. The number of nitrogens with zero attached hydrogens (tertiary/aromatic N) is 8. The maximum absolute atomic E-state index is 13.4. The van der Waals surface area contributed by atoms with Crippen LogP contribution in [-0.4, -0.2) is 89.2 Å². The lowest BCUT2D eigenvalue weighted by Crippen LogP contribution is -2.45. The Labute approximate surface area is 190 Å². The summed E-state index contributed by atoms with van der Waals surface area (Å²) in [6.07, 6.45) is 5.85. The van der Waals surface area contributed by atoms with E-state index in [1.807, 2.05) is 6.92 Å². The van der Waals surface area contributed by atoms with Crippen LogP contribution in [0.2, 0.25) is 0 Å². The Bertz CT molecular complexity index is 1080. The second-order valence-corrected chi connectivity index (χ2v) is 9.03. The maximum Gasteiger partial charge on any atom is 0.336 e. The standard InChI is InChI=1S/C21H26N8O4/c1-13-7-21(20(32)29(13)16-11-33-19(31)14(16)2)3-5-27(6-4-21)10-17(30)15-8-23-18(9-22-15)28-12-24-25-26-28/h8-9,12-13,17,30H,3-7,10-11H2,1-2H3/t13?,17-/m0/s1. The molecule has 12 heteroatoms. The third-order valence-electron chi connectivity index (χ3n) is 7.00. The summed E-state index contributed by atoms with van der Waals surface area (Å²) in [7, 11) is 0. The number of aliphatic hydroxyl groups excluding tert-OH is 1. The third kappa shape index (κ3) is 3.78. The molecule has 3 aliphatic heterocycles. The quantitative estimate of drug-likeness (QED) is 0.615. The van der Waals surface area contributed by atoms with Gasteiger partial charge in [0.2, 0.25) is 5.91 Å². The zero-order valence-corrected chi connectivity index (χ0v) is 18.6. The highest BCUT2D eigenvalue weighted by molar-refractivity contribution is 5.94. The van der Waals surface area contributed by atoms with E-state index in [2.05, 4.69) is 30.4 Å². The molecule has 2 fully saturated rings. The molecule has 1 N–H and O–H groups in total. The molecule has 3 aliphatic rings. The molecule has 0 radical (unpaired) electrons. The monoisotopic (exact) mass is 454 g/mol. The molecule has 1 amide bonds. The van der Waals surface area contributed by atoms with Crippen LogP contribution in [0.3, 0.4) is 0 Å². The highest BCUT2D eigenvalue weighted by Gasteiger charge is 2.53. The molecule has 5 rings (SSSR count). The number of ether oxygens (including phenoxy) is 1.